The van der Waals surface area contributed by atoms with Crippen LogP contribution in [0.1, 0.15) is 32.9 Å². The second-order valence-corrected chi connectivity index (χ2v) is 5.49. The molecule has 0 fully saturated rings. The number of thiazole rings is 1. The van der Waals surface area contributed by atoms with Gasteiger partial charge in [0.1, 0.15) is 0 Å². The highest BCUT2D eigenvalue weighted by molar-refractivity contribution is 7.11. The summed E-state index contributed by atoms with van der Waals surface area (Å²) in [7, 11) is 0. The third-order valence-corrected chi connectivity index (χ3v) is 3.91. The van der Waals surface area contributed by atoms with Crippen molar-refractivity contribution in [2.24, 2.45) is 0 Å². The van der Waals surface area contributed by atoms with E-state index in [0.717, 1.165) is 17.8 Å². The molecule has 0 saturated carbocycles. The summed E-state index contributed by atoms with van der Waals surface area (Å²) >= 11 is 1.71. The van der Waals surface area contributed by atoms with E-state index in [9.17, 15) is 4.79 Å². The first kappa shape index (κ1) is 13.7. The molecule has 0 radical (unpaired) electrons. The molecule has 0 aliphatic rings. The van der Waals surface area contributed by atoms with E-state index in [4.69, 9.17) is 0 Å². The van der Waals surface area contributed by atoms with Crippen LogP contribution in [-0.4, -0.2) is 22.4 Å². The summed E-state index contributed by atoms with van der Waals surface area (Å²) in [5, 5.41) is 3.98. The maximum Gasteiger partial charge on any atom is 0.251 e. The van der Waals surface area contributed by atoms with Crippen molar-refractivity contribution >= 4 is 17.2 Å². The van der Waals surface area contributed by atoms with Gasteiger partial charge in [-0.1, -0.05) is 6.92 Å². The van der Waals surface area contributed by atoms with Crippen LogP contribution in [0.15, 0.2) is 24.5 Å². The lowest BCUT2D eigenvalue weighted by molar-refractivity contribution is 0.0954. The maximum atomic E-state index is 11.8. The molecule has 0 unspecified atom stereocenters. The van der Waals surface area contributed by atoms with Crippen LogP contribution in [-0.2, 0) is 12.8 Å². The van der Waals surface area contributed by atoms with E-state index in [0.29, 0.717) is 12.1 Å². The Balaban J connectivity index is 1.85. The Hall–Kier alpha value is -1.75. The SMILES string of the molecule is CCc1nc(CCNC(=O)c2ccncc2)sc1C. The van der Waals surface area contributed by atoms with Gasteiger partial charge in [0.25, 0.3) is 5.91 Å². The van der Waals surface area contributed by atoms with Gasteiger partial charge in [-0.05, 0) is 25.5 Å². The molecule has 2 heterocycles. The summed E-state index contributed by atoms with van der Waals surface area (Å²) in [5.41, 5.74) is 1.81. The van der Waals surface area contributed by atoms with Gasteiger partial charge in [-0.25, -0.2) is 4.98 Å². The van der Waals surface area contributed by atoms with Gasteiger partial charge in [-0.3, -0.25) is 9.78 Å². The van der Waals surface area contributed by atoms with Crippen molar-refractivity contribution in [3.8, 4) is 0 Å². The average molecular weight is 275 g/mol. The van der Waals surface area contributed by atoms with Crippen LogP contribution in [0.5, 0.6) is 0 Å². The zero-order valence-electron chi connectivity index (χ0n) is 11.1. The fraction of sp³-hybridized carbons (Fsp3) is 0.357. The molecule has 0 aromatic carbocycles. The van der Waals surface area contributed by atoms with Gasteiger partial charge in [-0.2, -0.15) is 0 Å². The Morgan fingerprint density at radius 1 is 1.37 bits per heavy atom. The van der Waals surface area contributed by atoms with Crippen molar-refractivity contribution in [3.05, 3.63) is 45.7 Å². The molecule has 4 nitrogen and oxygen atoms in total. The van der Waals surface area contributed by atoms with Crippen LogP contribution in [0.2, 0.25) is 0 Å². The van der Waals surface area contributed by atoms with Crippen LogP contribution >= 0.6 is 11.3 Å². The molecule has 19 heavy (non-hydrogen) atoms. The fourth-order valence-electron chi connectivity index (χ4n) is 1.81. The smallest absolute Gasteiger partial charge is 0.251 e. The molecular weight excluding hydrogens is 258 g/mol. The van der Waals surface area contributed by atoms with Gasteiger partial charge in [0, 0.05) is 35.8 Å². The number of aromatic nitrogens is 2. The summed E-state index contributed by atoms with van der Waals surface area (Å²) in [6, 6.07) is 3.41. The molecule has 2 rings (SSSR count). The molecule has 0 saturated heterocycles. The molecule has 0 spiro atoms. The summed E-state index contributed by atoms with van der Waals surface area (Å²) in [4.78, 5) is 21.5. The van der Waals surface area contributed by atoms with Crippen LogP contribution in [0.4, 0.5) is 0 Å². The van der Waals surface area contributed by atoms with Crippen LogP contribution in [0, 0.1) is 6.92 Å². The summed E-state index contributed by atoms with van der Waals surface area (Å²) in [5.74, 6) is -0.0635. The molecule has 1 amide bonds. The molecular formula is C14H17N3OS. The Labute approximate surface area is 116 Å². The summed E-state index contributed by atoms with van der Waals surface area (Å²) in [6.07, 6.45) is 4.98. The molecule has 5 heteroatoms. The topological polar surface area (TPSA) is 54.9 Å². The predicted molar refractivity (Wildman–Crippen MR) is 76.5 cm³/mol. The van der Waals surface area contributed by atoms with Crippen molar-refractivity contribution in [2.75, 3.05) is 6.54 Å². The Kier molecular flexibility index (Phi) is 4.63. The van der Waals surface area contributed by atoms with Crippen LogP contribution in [0.25, 0.3) is 0 Å². The first-order valence-electron chi connectivity index (χ1n) is 6.34. The third-order valence-electron chi connectivity index (χ3n) is 2.84. The number of hydrogen-bond acceptors (Lipinski definition) is 4. The largest absolute Gasteiger partial charge is 0.352 e. The monoisotopic (exact) mass is 275 g/mol. The Morgan fingerprint density at radius 2 is 2.11 bits per heavy atom. The minimum Gasteiger partial charge on any atom is -0.352 e. The number of carbonyl (C=O) groups is 1. The zero-order valence-corrected chi connectivity index (χ0v) is 12.0. The Morgan fingerprint density at radius 3 is 2.74 bits per heavy atom. The lowest BCUT2D eigenvalue weighted by Gasteiger charge is -2.03. The minimum absolute atomic E-state index is 0.0635. The minimum atomic E-state index is -0.0635. The normalized spacial score (nSPS) is 10.4. The van der Waals surface area contributed by atoms with Crippen molar-refractivity contribution in [3.63, 3.8) is 0 Å². The van der Waals surface area contributed by atoms with E-state index in [1.807, 2.05) is 0 Å². The van der Waals surface area contributed by atoms with Crippen molar-refractivity contribution < 1.29 is 4.79 Å². The molecule has 0 atom stereocenters. The van der Waals surface area contributed by atoms with Gasteiger partial charge in [-0.15, -0.1) is 11.3 Å². The summed E-state index contributed by atoms with van der Waals surface area (Å²) < 4.78 is 0. The Bertz CT molecular complexity index is 551. The highest BCUT2D eigenvalue weighted by Gasteiger charge is 2.07. The van der Waals surface area contributed by atoms with Crippen molar-refractivity contribution in [2.45, 2.75) is 26.7 Å². The molecule has 2 aromatic heterocycles. The maximum absolute atomic E-state index is 11.8. The number of nitrogens with zero attached hydrogens (tertiary/aromatic N) is 2. The van der Waals surface area contributed by atoms with E-state index < -0.39 is 0 Å². The van der Waals surface area contributed by atoms with Gasteiger partial charge in [0.15, 0.2) is 0 Å². The number of nitrogens with one attached hydrogen (secondary N) is 1. The van der Waals surface area contributed by atoms with Crippen LogP contribution in [0.3, 0.4) is 0 Å². The number of carbonyl (C=O) groups excluding carboxylic acids is 1. The first-order valence-corrected chi connectivity index (χ1v) is 7.15. The number of pyridine rings is 1. The van der Waals surface area contributed by atoms with E-state index in [1.54, 1.807) is 35.9 Å². The highest BCUT2D eigenvalue weighted by atomic mass is 32.1. The molecule has 100 valence electrons. The molecule has 1 N–H and O–H groups in total. The van der Waals surface area contributed by atoms with Gasteiger partial charge < -0.3 is 5.32 Å². The second kappa shape index (κ2) is 6.43. The third kappa shape index (κ3) is 3.61. The summed E-state index contributed by atoms with van der Waals surface area (Å²) in [6.45, 7) is 4.81. The molecule has 0 aliphatic heterocycles. The number of amides is 1. The fourth-order valence-corrected chi connectivity index (χ4v) is 2.83. The van der Waals surface area contributed by atoms with E-state index in [1.165, 1.54) is 10.6 Å². The van der Waals surface area contributed by atoms with Gasteiger partial charge >= 0.3 is 0 Å². The van der Waals surface area contributed by atoms with E-state index >= 15 is 0 Å². The first-order chi connectivity index (χ1) is 9.20. The molecule has 0 bridgehead atoms. The standard InChI is InChI=1S/C14H17N3OS/c1-3-12-10(2)19-13(17-12)6-9-16-14(18)11-4-7-15-8-5-11/h4-5,7-8H,3,6,9H2,1-2H3,(H,16,18). The zero-order chi connectivity index (χ0) is 13.7. The predicted octanol–water partition coefficient (Wildman–Crippen LogP) is 2.38. The lowest BCUT2D eigenvalue weighted by Crippen LogP contribution is -2.25. The quantitative estimate of drug-likeness (QED) is 0.911. The van der Waals surface area contributed by atoms with E-state index in [2.05, 4.69) is 29.1 Å². The second-order valence-electron chi connectivity index (χ2n) is 4.21. The van der Waals surface area contributed by atoms with Crippen molar-refractivity contribution in [1.82, 2.24) is 15.3 Å². The van der Waals surface area contributed by atoms with Gasteiger partial charge in [0.2, 0.25) is 0 Å². The number of rotatable bonds is 5. The highest BCUT2D eigenvalue weighted by Crippen LogP contribution is 2.17. The van der Waals surface area contributed by atoms with E-state index in [-0.39, 0.29) is 5.91 Å². The van der Waals surface area contributed by atoms with Crippen LogP contribution < -0.4 is 5.32 Å². The number of hydrogen-bond donors (Lipinski definition) is 1. The lowest BCUT2D eigenvalue weighted by atomic mass is 10.2. The average Bonchev–Trinajstić information content (AvgIpc) is 2.80. The van der Waals surface area contributed by atoms with Gasteiger partial charge in [0.05, 0.1) is 10.7 Å². The molecule has 0 aliphatic carbocycles. The van der Waals surface area contributed by atoms with Crippen molar-refractivity contribution in [1.29, 1.82) is 0 Å². The molecule has 2 aromatic rings. The number of aryl methyl sites for hydroxylation is 2.